The lowest BCUT2D eigenvalue weighted by molar-refractivity contribution is -0.144. The first-order chi connectivity index (χ1) is 8.40. The summed E-state index contributed by atoms with van der Waals surface area (Å²) in [5.41, 5.74) is 0. The van der Waals surface area contributed by atoms with Gasteiger partial charge in [0.15, 0.2) is 10.7 Å². The van der Waals surface area contributed by atoms with E-state index in [1.807, 2.05) is 0 Å². The molecule has 0 radical (unpaired) electrons. The minimum Gasteiger partial charge on any atom is -0.480 e. The van der Waals surface area contributed by atoms with Crippen LogP contribution >= 0.6 is 15.9 Å². The molecule has 0 aliphatic carbocycles. The second kappa shape index (κ2) is 6.36. The first kappa shape index (κ1) is 14.5. The SMILES string of the molecule is CC(O)C(NC(=O)/C=C/c1ccc(Br)o1)C(=O)O. The van der Waals surface area contributed by atoms with Gasteiger partial charge in [0, 0.05) is 6.08 Å². The van der Waals surface area contributed by atoms with Gasteiger partial charge < -0.3 is 19.9 Å². The van der Waals surface area contributed by atoms with E-state index in [1.165, 1.54) is 13.0 Å². The Balaban J connectivity index is 2.60. The van der Waals surface area contributed by atoms with Crippen LogP contribution in [-0.2, 0) is 9.59 Å². The first-order valence-corrected chi connectivity index (χ1v) is 5.84. The minimum absolute atomic E-state index is 0.445. The molecule has 1 amide bonds. The number of rotatable bonds is 5. The molecule has 2 unspecified atom stereocenters. The molecule has 3 N–H and O–H groups in total. The lowest BCUT2D eigenvalue weighted by Crippen LogP contribution is -2.47. The lowest BCUT2D eigenvalue weighted by Gasteiger charge is -2.15. The molecule has 0 aliphatic heterocycles. The fourth-order valence-corrected chi connectivity index (χ4v) is 1.48. The average molecular weight is 318 g/mol. The van der Waals surface area contributed by atoms with Crippen molar-refractivity contribution in [1.82, 2.24) is 5.32 Å². The van der Waals surface area contributed by atoms with E-state index in [2.05, 4.69) is 21.2 Å². The Bertz CT molecular complexity index is 466. The van der Waals surface area contributed by atoms with Crippen molar-refractivity contribution in [1.29, 1.82) is 0 Å². The van der Waals surface area contributed by atoms with Crippen LogP contribution in [0.4, 0.5) is 0 Å². The molecule has 1 rings (SSSR count). The smallest absolute Gasteiger partial charge is 0.328 e. The molecule has 0 fully saturated rings. The van der Waals surface area contributed by atoms with E-state index in [-0.39, 0.29) is 0 Å². The standard InChI is InChI=1S/C11H12BrNO5/c1-6(14)10(11(16)17)13-9(15)5-3-7-2-4-8(12)18-7/h2-6,10,14H,1H3,(H,13,15)(H,16,17)/b5-3+. The Morgan fingerprint density at radius 3 is 2.61 bits per heavy atom. The average Bonchev–Trinajstić information content (AvgIpc) is 2.68. The van der Waals surface area contributed by atoms with Gasteiger partial charge in [0.25, 0.3) is 0 Å². The number of hydrogen-bond acceptors (Lipinski definition) is 4. The number of nitrogens with one attached hydrogen (secondary N) is 1. The molecule has 0 saturated carbocycles. The highest BCUT2D eigenvalue weighted by molar-refractivity contribution is 9.10. The van der Waals surface area contributed by atoms with Crippen molar-refractivity contribution in [2.24, 2.45) is 0 Å². The number of aliphatic hydroxyl groups excluding tert-OH is 1. The molecule has 98 valence electrons. The highest BCUT2D eigenvalue weighted by Gasteiger charge is 2.23. The van der Waals surface area contributed by atoms with Crippen LogP contribution in [0.3, 0.4) is 0 Å². The predicted molar refractivity (Wildman–Crippen MR) is 66.7 cm³/mol. The van der Waals surface area contributed by atoms with Gasteiger partial charge in [-0.2, -0.15) is 0 Å². The maximum absolute atomic E-state index is 11.4. The fourth-order valence-electron chi connectivity index (χ4n) is 1.17. The number of aliphatic carboxylic acids is 1. The van der Waals surface area contributed by atoms with Crippen molar-refractivity contribution < 1.29 is 24.2 Å². The van der Waals surface area contributed by atoms with Gasteiger partial charge in [0.2, 0.25) is 5.91 Å². The van der Waals surface area contributed by atoms with E-state index in [0.717, 1.165) is 6.08 Å². The fraction of sp³-hybridized carbons (Fsp3) is 0.273. The number of carboxylic acids is 1. The zero-order valence-corrected chi connectivity index (χ0v) is 11.0. The van der Waals surface area contributed by atoms with Crippen LogP contribution in [0.1, 0.15) is 12.7 Å². The summed E-state index contributed by atoms with van der Waals surface area (Å²) in [5.74, 6) is -1.48. The normalized spacial score (nSPS) is 14.4. The molecule has 0 aromatic carbocycles. The molecule has 0 aliphatic rings. The van der Waals surface area contributed by atoms with Gasteiger partial charge in [0.1, 0.15) is 5.76 Å². The summed E-state index contributed by atoms with van der Waals surface area (Å²) in [5, 5.41) is 20.1. The maximum Gasteiger partial charge on any atom is 0.328 e. The van der Waals surface area contributed by atoms with Crippen LogP contribution in [0.15, 0.2) is 27.3 Å². The minimum atomic E-state index is -1.34. The van der Waals surface area contributed by atoms with Crippen molar-refractivity contribution in [3.63, 3.8) is 0 Å². The Hall–Kier alpha value is -1.60. The van der Waals surface area contributed by atoms with Gasteiger partial charge in [-0.25, -0.2) is 4.79 Å². The van der Waals surface area contributed by atoms with Crippen LogP contribution < -0.4 is 5.32 Å². The highest BCUT2D eigenvalue weighted by Crippen LogP contribution is 2.14. The summed E-state index contributed by atoms with van der Waals surface area (Å²) in [6.07, 6.45) is 1.34. The summed E-state index contributed by atoms with van der Waals surface area (Å²) in [4.78, 5) is 22.1. The van der Waals surface area contributed by atoms with Crippen molar-refractivity contribution >= 4 is 33.9 Å². The van der Waals surface area contributed by atoms with Crippen molar-refractivity contribution in [3.05, 3.63) is 28.6 Å². The van der Waals surface area contributed by atoms with Crippen LogP contribution in [0.5, 0.6) is 0 Å². The summed E-state index contributed by atoms with van der Waals surface area (Å²) in [7, 11) is 0. The highest BCUT2D eigenvalue weighted by atomic mass is 79.9. The molecule has 0 saturated heterocycles. The van der Waals surface area contributed by atoms with Crippen LogP contribution in [-0.4, -0.2) is 34.2 Å². The number of carbonyl (C=O) groups is 2. The molecule has 7 heteroatoms. The molecule has 0 bridgehead atoms. The molecule has 1 aromatic heterocycles. The number of aliphatic hydroxyl groups is 1. The number of carbonyl (C=O) groups excluding carboxylic acids is 1. The number of halogens is 1. The zero-order chi connectivity index (χ0) is 13.7. The summed E-state index contributed by atoms with van der Waals surface area (Å²) in [6.45, 7) is 1.28. The molecular weight excluding hydrogens is 306 g/mol. The zero-order valence-electron chi connectivity index (χ0n) is 9.46. The Kier molecular flexibility index (Phi) is 5.11. The van der Waals surface area contributed by atoms with Gasteiger partial charge in [-0.15, -0.1) is 0 Å². The van der Waals surface area contributed by atoms with E-state index in [1.54, 1.807) is 12.1 Å². The molecule has 0 spiro atoms. The van der Waals surface area contributed by atoms with E-state index in [4.69, 9.17) is 9.52 Å². The quantitative estimate of drug-likeness (QED) is 0.704. The second-order valence-electron chi connectivity index (χ2n) is 3.54. The molecule has 2 atom stereocenters. The van der Waals surface area contributed by atoms with Gasteiger partial charge in [-0.1, -0.05) is 0 Å². The summed E-state index contributed by atoms with van der Waals surface area (Å²) in [6, 6.07) is 1.95. The predicted octanol–water partition coefficient (Wildman–Crippen LogP) is 1.01. The van der Waals surface area contributed by atoms with Crippen LogP contribution in [0.2, 0.25) is 0 Å². The molecule has 18 heavy (non-hydrogen) atoms. The number of amides is 1. The third-order valence-electron chi connectivity index (χ3n) is 2.04. The van der Waals surface area contributed by atoms with Crippen molar-refractivity contribution in [2.75, 3.05) is 0 Å². The van der Waals surface area contributed by atoms with Crippen molar-refractivity contribution in [2.45, 2.75) is 19.1 Å². The number of furan rings is 1. The van der Waals surface area contributed by atoms with Crippen molar-refractivity contribution in [3.8, 4) is 0 Å². The summed E-state index contributed by atoms with van der Waals surface area (Å²) < 4.78 is 5.64. The van der Waals surface area contributed by atoms with Gasteiger partial charge in [0.05, 0.1) is 6.10 Å². The van der Waals surface area contributed by atoms with E-state index in [0.29, 0.717) is 10.4 Å². The largest absolute Gasteiger partial charge is 0.480 e. The summed E-state index contributed by atoms with van der Waals surface area (Å²) >= 11 is 3.11. The molecule has 1 aromatic rings. The van der Waals surface area contributed by atoms with E-state index in [9.17, 15) is 14.7 Å². The molecule has 1 heterocycles. The Morgan fingerprint density at radius 2 is 2.17 bits per heavy atom. The maximum atomic E-state index is 11.4. The van der Waals surface area contributed by atoms with Crippen LogP contribution in [0.25, 0.3) is 6.08 Å². The molecule has 6 nitrogen and oxygen atoms in total. The van der Waals surface area contributed by atoms with E-state index >= 15 is 0 Å². The number of hydrogen-bond donors (Lipinski definition) is 3. The number of carboxylic acid groups (broad SMARTS) is 1. The monoisotopic (exact) mass is 317 g/mol. The topological polar surface area (TPSA) is 99.8 Å². The second-order valence-corrected chi connectivity index (χ2v) is 4.32. The third-order valence-corrected chi connectivity index (χ3v) is 2.47. The Morgan fingerprint density at radius 1 is 1.50 bits per heavy atom. The van der Waals surface area contributed by atoms with Gasteiger partial charge in [-0.05, 0) is 41.1 Å². The van der Waals surface area contributed by atoms with Gasteiger partial charge >= 0.3 is 5.97 Å². The van der Waals surface area contributed by atoms with Crippen LogP contribution in [0, 0.1) is 0 Å². The molecular formula is C11H12BrNO5. The van der Waals surface area contributed by atoms with Gasteiger partial charge in [-0.3, -0.25) is 4.79 Å². The van der Waals surface area contributed by atoms with E-state index < -0.39 is 24.0 Å². The first-order valence-electron chi connectivity index (χ1n) is 5.05. The lowest BCUT2D eigenvalue weighted by atomic mass is 10.2. The Labute approximate surface area is 111 Å². The third kappa shape index (κ3) is 4.34.